The predicted molar refractivity (Wildman–Crippen MR) is 90.9 cm³/mol. The summed E-state index contributed by atoms with van der Waals surface area (Å²) in [6.07, 6.45) is 2.70. The maximum absolute atomic E-state index is 12.3. The van der Waals surface area contributed by atoms with Crippen molar-refractivity contribution >= 4 is 39.8 Å². The van der Waals surface area contributed by atoms with Crippen molar-refractivity contribution in [2.75, 3.05) is 0 Å². The third-order valence-electron chi connectivity index (χ3n) is 3.13. The van der Waals surface area contributed by atoms with Gasteiger partial charge in [0.25, 0.3) is 11.8 Å². The van der Waals surface area contributed by atoms with E-state index in [1.54, 1.807) is 36.4 Å². The molecule has 0 aliphatic heterocycles. The van der Waals surface area contributed by atoms with E-state index in [0.717, 1.165) is 4.47 Å². The second-order valence-corrected chi connectivity index (χ2v) is 5.96. The molecular weight excluding hydrogens is 392 g/mol. The number of furan rings is 1. The normalized spacial score (nSPS) is 12.3. The van der Waals surface area contributed by atoms with Gasteiger partial charge < -0.3 is 25.0 Å². The largest absolute Gasteiger partial charge is 0.548 e. The lowest BCUT2D eigenvalue weighted by Crippen LogP contribution is -2.48. The minimum absolute atomic E-state index is 0.157. The van der Waals surface area contributed by atoms with Crippen LogP contribution in [0.3, 0.4) is 0 Å². The zero-order valence-corrected chi connectivity index (χ0v) is 14.7. The number of carbonyl (C=O) groups is 3. The van der Waals surface area contributed by atoms with Crippen molar-refractivity contribution < 1.29 is 23.9 Å². The summed E-state index contributed by atoms with van der Waals surface area (Å²) >= 11 is 3.27. The van der Waals surface area contributed by atoms with Gasteiger partial charge in [-0.2, -0.15) is 0 Å². The quantitative estimate of drug-likeness (QED) is 0.698. The summed E-state index contributed by atoms with van der Waals surface area (Å²) in [5, 5.41) is 15.5. The molecule has 1 aromatic heterocycles. The first kappa shape index (κ1) is 18.5. The molecule has 8 heteroatoms. The van der Waals surface area contributed by atoms with Gasteiger partial charge >= 0.3 is 0 Å². The molecule has 2 aromatic rings. The second kappa shape index (κ2) is 8.29. The van der Waals surface area contributed by atoms with E-state index in [2.05, 4.69) is 26.6 Å². The lowest BCUT2D eigenvalue weighted by molar-refractivity contribution is -0.307. The molecule has 0 fully saturated rings. The van der Waals surface area contributed by atoms with Crippen molar-refractivity contribution in [2.45, 2.75) is 13.0 Å². The summed E-state index contributed by atoms with van der Waals surface area (Å²) in [4.78, 5) is 35.4. The van der Waals surface area contributed by atoms with Crippen LogP contribution in [0.15, 0.2) is 57.2 Å². The molecule has 0 saturated carbocycles. The summed E-state index contributed by atoms with van der Waals surface area (Å²) in [7, 11) is 0. The Morgan fingerprint density at radius 2 is 1.88 bits per heavy atom. The molecule has 1 heterocycles. The average Bonchev–Trinajstić information content (AvgIpc) is 3.07. The lowest BCUT2D eigenvalue weighted by Gasteiger charge is -2.16. The number of hydrogen-bond donors (Lipinski definition) is 2. The Morgan fingerprint density at radius 3 is 2.44 bits per heavy atom. The fourth-order valence-corrected chi connectivity index (χ4v) is 2.07. The molecule has 2 N–H and O–H groups in total. The summed E-state index contributed by atoms with van der Waals surface area (Å²) in [5.74, 6) is -2.42. The van der Waals surface area contributed by atoms with Crippen LogP contribution in [-0.4, -0.2) is 23.8 Å². The van der Waals surface area contributed by atoms with E-state index in [1.807, 2.05) is 0 Å². The smallest absolute Gasteiger partial charge is 0.268 e. The van der Waals surface area contributed by atoms with E-state index in [9.17, 15) is 19.5 Å². The highest BCUT2D eigenvalue weighted by Crippen LogP contribution is 2.12. The molecule has 1 atom stereocenters. The van der Waals surface area contributed by atoms with Crippen molar-refractivity contribution in [3.8, 4) is 0 Å². The highest BCUT2D eigenvalue weighted by Gasteiger charge is 2.17. The van der Waals surface area contributed by atoms with Gasteiger partial charge in [0, 0.05) is 16.1 Å². The van der Waals surface area contributed by atoms with Gasteiger partial charge in [-0.25, -0.2) is 0 Å². The van der Waals surface area contributed by atoms with Gasteiger partial charge in [-0.05, 0) is 43.3 Å². The molecule has 2 amide bonds. The summed E-state index contributed by atoms with van der Waals surface area (Å²) in [6, 6.07) is 8.49. The van der Waals surface area contributed by atoms with Gasteiger partial charge in [-0.1, -0.05) is 15.9 Å². The minimum atomic E-state index is -1.44. The number of carboxylic acid groups (broad SMARTS) is 1. The number of rotatable bonds is 6. The molecule has 130 valence electrons. The standard InChI is InChI=1S/C17H15BrN2O5/c1-10(17(23)24)19-16(22)14(9-13-3-2-8-25-13)20-15(21)11-4-6-12(18)7-5-11/h2-10H,1H3,(H,19,22)(H,20,21)(H,23,24)/p-1/b14-9-/t10-/m0/s1. The fraction of sp³-hybridized carbons (Fsp3) is 0.118. The Labute approximate surface area is 151 Å². The van der Waals surface area contributed by atoms with Crippen LogP contribution < -0.4 is 15.7 Å². The maximum atomic E-state index is 12.3. The van der Waals surface area contributed by atoms with Gasteiger partial charge in [-0.3, -0.25) is 9.59 Å². The molecule has 0 saturated heterocycles. The van der Waals surface area contributed by atoms with Crippen LogP contribution in [0.5, 0.6) is 0 Å². The first-order valence-corrected chi connectivity index (χ1v) is 8.00. The molecule has 0 unspecified atom stereocenters. The molecule has 0 spiro atoms. The minimum Gasteiger partial charge on any atom is -0.548 e. The van der Waals surface area contributed by atoms with E-state index in [4.69, 9.17) is 4.42 Å². The monoisotopic (exact) mass is 405 g/mol. The van der Waals surface area contributed by atoms with E-state index in [1.165, 1.54) is 19.3 Å². The first-order valence-electron chi connectivity index (χ1n) is 7.20. The molecule has 0 aliphatic rings. The number of carboxylic acids is 1. The lowest BCUT2D eigenvalue weighted by atomic mass is 10.2. The number of hydrogen-bond acceptors (Lipinski definition) is 5. The van der Waals surface area contributed by atoms with Crippen molar-refractivity contribution in [3.05, 3.63) is 64.2 Å². The molecule has 2 rings (SSSR count). The Hall–Kier alpha value is -2.87. The second-order valence-electron chi connectivity index (χ2n) is 5.05. The zero-order valence-electron chi connectivity index (χ0n) is 13.1. The number of aliphatic carboxylic acids is 1. The highest BCUT2D eigenvalue weighted by molar-refractivity contribution is 9.10. The first-order chi connectivity index (χ1) is 11.9. The molecule has 0 bridgehead atoms. The van der Waals surface area contributed by atoms with Crippen LogP contribution in [0, 0.1) is 0 Å². The van der Waals surface area contributed by atoms with Crippen LogP contribution in [0.4, 0.5) is 0 Å². The highest BCUT2D eigenvalue weighted by atomic mass is 79.9. The molecule has 7 nitrogen and oxygen atoms in total. The third-order valence-corrected chi connectivity index (χ3v) is 3.66. The van der Waals surface area contributed by atoms with Crippen molar-refractivity contribution in [3.63, 3.8) is 0 Å². The van der Waals surface area contributed by atoms with Crippen LogP contribution in [0.25, 0.3) is 6.08 Å². The van der Waals surface area contributed by atoms with E-state index in [0.29, 0.717) is 11.3 Å². The van der Waals surface area contributed by atoms with Crippen molar-refractivity contribution in [1.29, 1.82) is 0 Å². The van der Waals surface area contributed by atoms with Crippen molar-refractivity contribution in [1.82, 2.24) is 10.6 Å². The van der Waals surface area contributed by atoms with Gasteiger partial charge in [0.15, 0.2) is 0 Å². The van der Waals surface area contributed by atoms with Gasteiger partial charge in [-0.15, -0.1) is 0 Å². The Morgan fingerprint density at radius 1 is 1.20 bits per heavy atom. The maximum Gasteiger partial charge on any atom is 0.268 e. The fourth-order valence-electron chi connectivity index (χ4n) is 1.80. The summed E-state index contributed by atoms with van der Waals surface area (Å²) in [6.45, 7) is 1.26. The summed E-state index contributed by atoms with van der Waals surface area (Å²) < 4.78 is 5.93. The zero-order chi connectivity index (χ0) is 18.4. The topological polar surface area (TPSA) is 111 Å². The van der Waals surface area contributed by atoms with Gasteiger partial charge in [0.05, 0.1) is 18.3 Å². The predicted octanol–water partition coefficient (Wildman–Crippen LogP) is 1.07. The van der Waals surface area contributed by atoms with E-state index < -0.39 is 23.8 Å². The van der Waals surface area contributed by atoms with E-state index in [-0.39, 0.29) is 5.70 Å². The van der Waals surface area contributed by atoms with Crippen LogP contribution in [0.1, 0.15) is 23.0 Å². The van der Waals surface area contributed by atoms with Crippen LogP contribution in [-0.2, 0) is 9.59 Å². The van der Waals surface area contributed by atoms with Gasteiger partial charge in [0.1, 0.15) is 11.5 Å². The Balaban J connectivity index is 2.22. The third kappa shape index (κ3) is 5.32. The SMILES string of the molecule is C[C@H](NC(=O)/C(=C/c1ccco1)NC(=O)c1ccc(Br)cc1)C(=O)[O-]. The Bertz CT molecular complexity index is 797. The number of benzene rings is 1. The molecule has 1 aromatic carbocycles. The number of amides is 2. The number of nitrogens with one attached hydrogen (secondary N) is 2. The summed E-state index contributed by atoms with van der Waals surface area (Å²) in [5.41, 5.74) is 0.172. The molecule has 25 heavy (non-hydrogen) atoms. The molecule has 0 radical (unpaired) electrons. The Kier molecular flexibility index (Phi) is 6.13. The van der Waals surface area contributed by atoms with Crippen LogP contribution in [0.2, 0.25) is 0 Å². The number of halogens is 1. The van der Waals surface area contributed by atoms with Gasteiger partial charge in [0.2, 0.25) is 0 Å². The molecular formula is C17H14BrN2O5-. The molecule has 0 aliphatic carbocycles. The van der Waals surface area contributed by atoms with Crippen molar-refractivity contribution in [2.24, 2.45) is 0 Å². The average molecular weight is 406 g/mol. The van der Waals surface area contributed by atoms with Crippen LogP contribution >= 0.6 is 15.9 Å². The van der Waals surface area contributed by atoms with E-state index >= 15 is 0 Å². The number of carbonyl (C=O) groups excluding carboxylic acids is 3.